The fourth-order valence-corrected chi connectivity index (χ4v) is 19.2. The summed E-state index contributed by atoms with van der Waals surface area (Å²) in [6.45, 7) is 36.0. The number of aromatic nitrogens is 12. The minimum Gasteiger partial charge on any atom is -0.424 e. The van der Waals surface area contributed by atoms with Crippen LogP contribution in [0, 0.1) is 7.40 Å². The van der Waals surface area contributed by atoms with Crippen molar-refractivity contribution in [2.24, 2.45) is 0 Å². The Kier molecular flexibility index (Phi) is 47.3. The topological polar surface area (TPSA) is 283 Å². The summed E-state index contributed by atoms with van der Waals surface area (Å²) in [4.78, 5) is 0. The molecule has 0 radical (unpaired) electrons. The lowest BCUT2D eigenvalue weighted by molar-refractivity contribution is 0.0814. The number of nitrogen functional groups attached to an aromatic ring is 1. The lowest BCUT2D eigenvalue weighted by Crippen LogP contribution is -2.29. The number of hydrogen-bond acceptors (Lipinski definition) is 15. The van der Waals surface area contributed by atoms with Crippen LogP contribution in [0.4, 0.5) is 5.69 Å². The highest BCUT2D eigenvalue weighted by molar-refractivity contribution is 14.1. The lowest BCUT2D eigenvalue weighted by Gasteiger charge is -2.15. The van der Waals surface area contributed by atoms with Crippen molar-refractivity contribution in [1.29, 1.82) is 0 Å². The van der Waals surface area contributed by atoms with Gasteiger partial charge >= 0.3 is 14.2 Å². The van der Waals surface area contributed by atoms with E-state index < -0.39 is 46.5 Å². The zero-order valence-electron chi connectivity index (χ0n) is 86.8. The van der Waals surface area contributed by atoms with Crippen LogP contribution in [0.5, 0.6) is 0 Å². The average molecular weight is 2340 g/mol. The highest BCUT2D eigenvalue weighted by Gasteiger charge is 2.20. The summed E-state index contributed by atoms with van der Waals surface area (Å²) in [5, 5.41) is 78.2. The van der Waals surface area contributed by atoms with E-state index in [1.54, 1.807) is 36.5 Å². The molecule has 19 aromatic rings. The quantitative estimate of drug-likeness (QED) is 0.00899. The first-order valence-electron chi connectivity index (χ1n) is 49.5. The second-order valence-corrected chi connectivity index (χ2v) is 65.8. The van der Waals surface area contributed by atoms with Gasteiger partial charge in [-0.2, -0.15) is 30.6 Å². The molecule has 9 N–H and O–H groups in total. The van der Waals surface area contributed by atoms with E-state index in [4.69, 9.17) is 89.8 Å². The van der Waals surface area contributed by atoms with E-state index in [1.165, 1.54) is 45.9 Å². The average Bonchev–Trinajstić information content (AvgIpc) is 1.60. The number of anilines is 1. The number of halogens is 5. The first-order valence-corrected chi connectivity index (χ1v) is 67.7. The first kappa shape index (κ1) is 118. The number of nitrogens with two attached hydrogens (primary N) is 1. The molecule has 0 aliphatic carbocycles. The third-order valence-corrected chi connectivity index (χ3v) is 32.0. The maximum atomic E-state index is 8.58. The molecule has 0 unspecified atom stereocenters. The van der Waals surface area contributed by atoms with Gasteiger partial charge in [0, 0.05) is 118 Å². The van der Waals surface area contributed by atoms with E-state index in [2.05, 4.69) is 323 Å². The van der Waals surface area contributed by atoms with E-state index in [9.17, 15) is 0 Å². The molecular weight excluding hydrogens is 2210 g/mol. The molecule has 0 atom stereocenters. The van der Waals surface area contributed by atoms with Crippen molar-refractivity contribution in [3.05, 3.63) is 395 Å². The number of fused-ring (bicyclic) bond motifs is 6. The predicted molar refractivity (Wildman–Crippen MR) is 658 cm³/mol. The van der Waals surface area contributed by atoms with E-state index in [-0.39, 0.29) is 0 Å². The Morgan fingerprint density at radius 2 is 0.732 bits per heavy atom. The number of benzene rings is 13. The molecule has 0 saturated carbocycles. The third-order valence-electron chi connectivity index (χ3n) is 22.8. The summed E-state index contributed by atoms with van der Waals surface area (Å²) in [6.07, 6.45) is 15.9. The smallest absolute Gasteiger partial charge is 0.424 e. The number of aromatic amines is 3. The lowest BCUT2D eigenvalue weighted by atomic mass is 9.81. The summed E-state index contributed by atoms with van der Waals surface area (Å²) >= 11 is 22.4. The Balaban J connectivity index is 0.000000165. The number of ether oxygens (including phenoxy) is 4. The Morgan fingerprint density at radius 3 is 1.17 bits per heavy atom. The fourth-order valence-electron chi connectivity index (χ4n) is 14.4. The largest absolute Gasteiger partial charge is 0.488 e. The number of hydrogen-bond donors (Lipinski definition) is 8. The number of nitrogens with one attached hydrogen (secondary N) is 3. The van der Waals surface area contributed by atoms with Crippen LogP contribution in [-0.2, 0) is 39.1 Å². The van der Waals surface area contributed by atoms with Gasteiger partial charge in [-0.05, 0) is 242 Å². The van der Waals surface area contributed by atoms with E-state index in [0.717, 1.165) is 167 Å². The van der Waals surface area contributed by atoms with Gasteiger partial charge < -0.3 is 44.8 Å². The van der Waals surface area contributed by atoms with Crippen LogP contribution in [-0.4, -0.2) is 160 Å². The van der Waals surface area contributed by atoms with Gasteiger partial charge in [0.05, 0.1) is 56.4 Å². The van der Waals surface area contributed by atoms with E-state index >= 15 is 0 Å². The van der Waals surface area contributed by atoms with Crippen LogP contribution >= 0.6 is 80.0 Å². The Labute approximate surface area is 922 Å². The Bertz CT molecular complexity index is 7400. The van der Waals surface area contributed by atoms with Gasteiger partial charge in [-0.3, -0.25) is 15.3 Å². The molecule has 0 aliphatic rings. The van der Waals surface area contributed by atoms with E-state index in [1.807, 2.05) is 191 Å². The second-order valence-electron chi connectivity index (χ2n) is 39.9. The van der Waals surface area contributed by atoms with E-state index in [0.29, 0.717) is 30.7 Å². The van der Waals surface area contributed by atoms with Gasteiger partial charge in [0.25, 0.3) is 0 Å². The minimum absolute atomic E-state index is 0.460. The molecule has 32 heteroatoms. The van der Waals surface area contributed by atoms with Gasteiger partial charge in [0.2, 0.25) is 0 Å². The van der Waals surface area contributed by atoms with Gasteiger partial charge in [0.1, 0.15) is 27.6 Å². The van der Waals surface area contributed by atoms with Gasteiger partial charge in [-0.1, -0.05) is 368 Å². The molecule has 149 heavy (non-hydrogen) atoms. The number of H-pyrrole nitrogens is 3. The molecule has 6 heterocycles. The van der Waals surface area contributed by atoms with Crippen molar-refractivity contribution in [2.75, 3.05) is 38.8 Å². The molecule has 0 bridgehead atoms. The van der Waals surface area contributed by atoms with Gasteiger partial charge in [-0.25, -0.2) is 14.0 Å². The Morgan fingerprint density at radius 1 is 0.356 bits per heavy atom. The molecular formula is C117H134B2Cl3I2N13O8Si4. The highest BCUT2D eigenvalue weighted by Crippen LogP contribution is 2.33. The molecule has 21 nitrogen and oxygen atoms in total. The van der Waals surface area contributed by atoms with Gasteiger partial charge in [0.15, 0.2) is 0 Å². The summed E-state index contributed by atoms with van der Waals surface area (Å²) in [7, 11) is -6.74. The highest BCUT2D eigenvalue weighted by atomic mass is 127. The molecule has 13 aromatic carbocycles. The maximum Gasteiger partial charge on any atom is 0.488 e. The van der Waals surface area contributed by atoms with Crippen molar-refractivity contribution >= 4 is 246 Å². The second kappa shape index (κ2) is 59.9. The maximum absolute atomic E-state index is 8.58. The molecule has 0 amide bonds. The van der Waals surface area contributed by atoms with Crippen molar-refractivity contribution in [3.8, 4) is 22.3 Å². The SMILES string of the molecule is C(=C\c1n[nH]c2ccc(-c3ccccc3)cc12)/c1ccccc1.CCOCC[Si](C)(C)C.C[Si](C)(C)CCOCn1nc(/C=C/c2ccccc2)c2cc(-c3ccccc3)ccc21.C[Si](C)(C)CCOCn1nc(/C=C/c2ccccc2)c2cc(Cl)ccc21.C[Si](C)(C)CCOCn1nc(I)c2cc(Cl)ccc21.Clc1ccc2n[nH]c(I)c2c1.Nc1ccc2[nH]ncc2c1.OB(O)/C=C/c1ccccc1.OB(O)c1ccccc1. The van der Waals surface area contributed by atoms with Gasteiger partial charge in [-0.15, -0.1) is 0 Å². The van der Waals surface area contributed by atoms with Crippen LogP contribution in [0.3, 0.4) is 0 Å². The van der Waals surface area contributed by atoms with Crippen molar-refractivity contribution in [3.63, 3.8) is 0 Å². The third kappa shape index (κ3) is 41.3. The summed E-state index contributed by atoms with van der Waals surface area (Å²) in [6, 6.07) is 111. The molecule has 0 saturated heterocycles. The molecule has 6 aromatic heterocycles. The normalized spacial score (nSPS) is 11.5. The predicted octanol–water partition coefficient (Wildman–Crippen LogP) is 29.8. The molecule has 0 spiro atoms. The molecule has 0 aliphatic heterocycles. The molecule has 19 rings (SSSR count). The zero-order valence-corrected chi connectivity index (χ0v) is 97.4. The summed E-state index contributed by atoms with van der Waals surface area (Å²) in [5.74, 6) is 1.31. The number of rotatable bonds is 30. The van der Waals surface area contributed by atoms with Crippen LogP contribution in [0.2, 0.25) is 118 Å². The summed E-state index contributed by atoms with van der Waals surface area (Å²) < 4.78 is 30.7. The molecule has 0 fully saturated rings. The van der Waals surface area contributed by atoms with Crippen LogP contribution in [0.25, 0.3) is 130 Å². The van der Waals surface area contributed by atoms with Crippen molar-refractivity contribution in [2.45, 2.75) is 130 Å². The zero-order chi connectivity index (χ0) is 107. The minimum atomic E-state index is -1.37. The first-order chi connectivity index (χ1) is 71.5. The number of nitrogens with zero attached hydrogens (tertiary/aromatic N) is 9. The Hall–Kier alpha value is -11.6. The molecule has 772 valence electrons. The standard InChI is InChI=1S/C27H30N2OSi.C21H25ClN2OSi.C21H16N2.C13H18ClIN2OSi.C8H9BO2.C7H4ClIN2.C7H7N3.C7H18OSi.C6H7BO2/c1-31(2,3)19-18-30-21-29-27-17-15-24(23-12-8-5-9-13-23)20-25(27)26(28-29)16-14-22-10-6-4-7-11-22;1-26(2,3)14-13-25-16-24-21-12-10-18(22)15-19(21)20(23-24)11-9-17-7-5-4-6-8-17;1-3-7-16(8-4-1)11-13-20-19-15-18(12-14-21(19)23-22-20)17-9-5-2-6-10-17;1-19(2,3)7-6-18-9-17-12-5-4-10(14)8-11(12)13(15)16-17;10-9(11)7-6-8-4-2-1-3-5-8;8-4-1-2-6-5(3-4)7(9)11-10-6;8-6-1-2-7-5(3-6)4-9-10-7;1-5-8-6-7-9(2,3)4;8-7(9)6-4-2-1-3-5-6/h4-17,20H,18-19,21H2,1-3H3;4-12,15H,13-14,16H2,1-3H3;1-15H,(H,22,23);4-5,8H,6-7,9H2,1-3H3;1-7,10-11H;1-3H,(H,10,11);1-4H,8H2,(H,9,10);5-7H2,1-4H3;1-5,8-9H/b16-14+;11-9+;13-11+;;7-6+;;;;. The van der Waals surface area contributed by atoms with Crippen LogP contribution in [0.1, 0.15) is 46.3 Å². The van der Waals surface area contributed by atoms with Crippen LogP contribution in [0.15, 0.2) is 334 Å². The van der Waals surface area contributed by atoms with Crippen molar-refractivity contribution < 1.29 is 39.0 Å². The van der Waals surface area contributed by atoms with Crippen molar-refractivity contribution in [1.82, 2.24) is 59.9 Å². The summed E-state index contributed by atoms with van der Waals surface area (Å²) in [5.41, 5.74) is 25.2. The van der Waals surface area contributed by atoms with Crippen LogP contribution < -0.4 is 11.2 Å². The monoisotopic (exact) mass is 2340 g/mol. The fraction of sp³-hybridized carbons (Fsp3) is 0.214.